The Morgan fingerprint density at radius 2 is 1.78 bits per heavy atom. The topological polar surface area (TPSA) is 60.7 Å². The highest BCUT2D eigenvalue weighted by atomic mass is 16.3. The molecule has 0 amide bonds. The van der Waals surface area contributed by atoms with Crippen LogP contribution in [0.2, 0.25) is 0 Å². The van der Waals surface area contributed by atoms with Crippen LogP contribution in [0.5, 0.6) is 0 Å². The van der Waals surface area contributed by atoms with Crippen LogP contribution in [0, 0.1) is 35.0 Å². The Morgan fingerprint density at radius 3 is 2.39 bits per heavy atom. The maximum absolute atomic E-state index is 10.7. The van der Waals surface area contributed by atoms with Gasteiger partial charge in [0.15, 0.2) is 0 Å². The van der Waals surface area contributed by atoms with E-state index in [1.807, 2.05) is 0 Å². The normalized spacial score (nSPS) is 58.8. The summed E-state index contributed by atoms with van der Waals surface area (Å²) in [6.07, 6.45) is 3.85. The summed E-state index contributed by atoms with van der Waals surface area (Å²) in [5.74, 6) is 2.46. The maximum atomic E-state index is 10.7. The van der Waals surface area contributed by atoms with Crippen LogP contribution >= 0.6 is 0 Å². The zero-order valence-electron chi connectivity index (χ0n) is 11.5. The van der Waals surface area contributed by atoms with Crippen LogP contribution in [0.3, 0.4) is 0 Å². The van der Waals surface area contributed by atoms with Crippen molar-refractivity contribution in [2.45, 2.75) is 45.1 Å². The average molecular weight is 254 g/mol. The monoisotopic (exact) mass is 254 g/mol. The fourth-order valence-electron chi connectivity index (χ4n) is 5.38. The standard InChI is InChI=1S/C15H26O3/c1-9-3-4-10-12(9)13-11(14(13,2)7-16)5-6-15(10,18)8-17/h9-13,16-18H,3-8H2,1-2H3. The Hall–Kier alpha value is -0.120. The summed E-state index contributed by atoms with van der Waals surface area (Å²) in [7, 11) is 0. The van der Waals surface area contributed by atoms with Crippen LogP contribution in [0.25, 0.3) is 0 Å². The molecular formula is C15H26O3. The molecule has 3 aliphatic carbocycles. The fraction of sp³-hybridized carbons (Fsp3) is 1.00. The predicted octanol–water partition coefficient (Wildman–Crippen LogP) is 1.41. The zero-order chi connectivity index (χ0) is 13.1. The van der Waals surface area contributed by atoms with Crippen LogP contribution in [-0.2, 0) is 0 Å². The molecule has 3 fully saturated rings. The fourth-order valence-corrected chi connectivity index (χ4v) is 5.38. The third-order valence-electron chi connectivity index (χ3n) is 6.60. The van der Waals surface area contributed by atoms with Crippen molar-refractivity contribution in [2.24, 2.45) is 35.0 Å². The number of rotatable bonds is 2. The maximum Gasteiger partial charge on any atom is 0.0908 e. The molecule has 0 aliphatic heterocycles. The quantitative estimate of drug-likeness (QED) is 0.698. The molecule has 0 spiro atoms. The SMILES string of the molecule is CC1CCC2C1C1C(CCC2(O)CO)C1(C)CO. The Kier molecular flexibility index (Phi) is 2.82. The van der Waals surface area contributed by atoms with Gasteiger partial charge in [-0.05, 0) is 54.3 Å². The number of hydrogen-bond donors (Lipinski definition) is 3. The largest absolute Gasteiger partial charge is 0.396 e. The molecule has 7 unspecified atom stereocenters. The molecule has 7 atom stereocenters. The molecule has 3 rings (SSSR count). The molecule has 0 aromatic rings. The minimum absolute atomic E-state index is 0.0816. The van der Waals surface area contributed by atoms with Gasteiger partial charge in [0.25, 0.3) is 0 Å². The first-order valence-corrected chi connectivity index (χ1v) is 7.42. The molecule has 104 valence electrons. The molecule has 3 N–H and O–H groups in total. The number of fused-ring (bicyclic) bond motifs is 3. The van der Waals surface area contributed by atoms with Gasteiger partial charge in [0.05, 0.1) is 12.2 Å². The molecule has 0 radical (unpaired) electrons. The van der Waals surface area contributed by atoms with Gasteiger partial charge in [0.1, 0.15) is 0 Å². The van der Waals surface area contributed by atoms with Gasteiger partial charge in [-0.1, -0.05) is 20.3 Å². The number of aliphatic hydroxyl groups excluding tert-OH is 2. The Labute approximate surface area is 109 Å². The lowest BCUT2D eigenvalue weighted by Crippen LogP contribution is -2.44. The first kappa shape index (κ1) is 12.9. The molecule has 18 heavy (non-hydrogen) atoms. The van der Waals surface area contributed by atoms with Crippen molar-refractivity contribution in [2.75, 3.05) is 13.2 Å². The van der Waals surface area contributed by atoms with E-state index < -0.39 is 5.60 Å². The second-order valence-electron chi connectivity index (χ2n) is 7.34. The predicted molar refractivity (Wildman–Crippen MR) is 68.8 cm³/mol. The molecule has 3 saturated carbocycles. The molecule has 0 aromatic heterocycles. The van der Waals surface area contributed by atoms with Crippen molar-refractivity contribution >= 4 is 0 Å². The summed E-state index contributed by atoms with van der Waals surface area (Å²) >= 11 is 0. The molecule has 0 saturated heterocycles. The lowest BCUT2D eigenvalue weighted by atomic mass is 9.74. The summed E-state index contributed by atoms with van der Waals surface area (Å²) in [4.78, 5) is 0. The minimum atomic E-state index is -0.862. The van der Waals surface area contributed by atoms with Crippen LogP contribution in [0.1, 0.15) is 39.5 Å². The smallest absolute Gasteiger partial charge is 0.0908 e. The Balaban J connectivity index is 1.93. The van der Waals surface area contributed by atoms with E-state index in [9.17, 15) is 15.3 Å². The molecule has 0 heterocycles. The summed E-state index contributed by atoms with van der Waals surface area (Å²) in [6.45, 7) is 4.65. The molecule has 3 heteroatoms. The van der Waals surface area contributed by atoms with Gasteiger partial charge in [-0.15, -0.1) is 0 Å². The van der Waals surface area contributed by atoms with Crippen LogP contribution in [0.15, 0.2) is 0 Å². The van der Waals surface area contributed by atoms with E-state index in [2.05, 4.69) is 13.8 Å². The van der Waals surface area contributed by atoms with Gasteiger partial charge in [-0.25, -0.2) is 0 Å². The lowest BCUT2D eigenvalue weighted by Gasteiger charge is -2.37. The highest BCUT2D eigenvalue weighted by molar-refractivity contribution is 5.17. The summed E-state index contributed by atoms with van der Waals surface area (Å²) in [5, 5.41) is 30.0. The van der Waals surface area contributed by atoms with Crippen LogP contribution in [0.4, 0.5) is 0 Å². The first-order chi connectivity index (χ1) is 8.48. The van der Waals surface area contributed by atoms with Crippen molar-refractivity contribution in [3.05, 3.63) is 0 Å². The highest BCUT2D eigenvalue weighted by Gasteiger charge is 2.69. The van der Waals surface area contributed by atoms with E-state index in [1.165, 1.54) is 0 Å². The van der Waals surface area contributed by atoms with E-state index >= 15 is 0 Å². The third kappa shape index (κ3) is 1.47. The third-order valence-corrected chi connectivity index (χ3v) is 6.60. The van der Waals surface area contributed by atoms with E-state index in [1.54, 1.807) is 0 Å². The van der Waals surface area contributed by atoms with Gasteiger partial charge in [-0.2, -0.15) is 0 Å². The van der Waals surface area contributed by atoms with E-state index in [4.69, 9.17) is 0 Å². The van der Waals surface area contributed by atoms with Crippen molar-refractivity contribution < 1.29 is 15.3 Å². The average Bonchev–Trinajstić information content (AvgIpc) is 2.82. The summed E-state index contributed by atoms with van der Waals surface area (Å²) < 4.78 is 0. The van der Waals surface area contributed by atoms with Crippen molar-refractivity contribution in [3.63, 3.8) is 0 Å². The van der Waals surface area contributed by atoms with Crippen LogP contribution in [-0.4, -0.2) is 34.1 Å². The van der Waals surface area contributed by atoms with E-state index in [0.29, 0.717) is 30.1 Å². The van der Waals surface area contributed by atoms with E-state index in [-0.39, 0.29) is 24.5 Å². The molecule has 0 bridgehead atoms. The van der Waals surface area contributed by atoms with Crippen molar-refractivity contribution in [1.82, 2.24) is 0 Å². The Morgan fingerprint density at radius 1 is 1.06 bits per heavy atom. The minimum Gasteiger partial charge on any atom is -0.396 e. The molecule has 3 nitrogen and oxygen atoms in total. The second-order valence-corrected chi connectivity index (χ2v) is 7.34. The van der Waals surface area contributed by atoms with Gasteiger partial charge in [-0.3, -0.25) is 0 Å². The Bertz CT molecular complexity index is 345. The van der Waals surface area contributed by atoms with Crippen molar-refractivity contribution in [1.29, 1.82) is 0 Å². The van der Waals surface area contributed by atoms with Gasteiger partial charge >= 0.3 is 0 Å². The van der Waals surface area contributed by atoms with E-state index in [0.717, 1.165) is 19.3 Å². The highest BCUT2D eigenvalue weighted by Crippen LogP contribution is 2.71. The molecular weight excluding hydrogens is 228 g/mol. The zero-order valence-corrected chi connectivity index (χ0v) is 11.5. The van der Waals surface area contributed by atoms with Crippen molar-refractivity contribution in [3.8, 4) is 0 Å². The second kappa shape index (κ2) is 3.94. The first-order valence-electron chi connectivity index (χ1n) is 7.42. The molecule has 0 aromatic carbocycles. The number of hydrogen-bond acceptors (Lipinski definition) is 3. The lowest BCUT2D eigenvalue weighted by molar-refractivity contribution is -0.0843. The van der Waals surface area contributed by atoms with Crippen LogP contribution < -0.4 is 0 Å². The van der Waals surface area contributed by atoms with Gasteiger partial charge < -0.3 is 15.3 Å². The van der Waals surface area contributed by atoms with Gasteiger partial charge in [0.2, 0.25) is 0 Å². The molecule has 3 aliphatic rings. The van der Waals surface area contributed by atoms with Gasteiger partial charge in [0, 0.05) is 6.61 Å². The summed E-state index contributed by atoms with van der Waals surface area (Å²) in [6, 6.07) is 0. The number of aliphatic hydroxyl groups is 3. The summed E-state index contributed by atoms with van der Waals surface area (Å²) in [5.41, 5.74) is -0.780.